The molecule has 4 rings (SSSR count). The summed E-state index contributed by atoms with van der Waals surface area (Å²) in [6.45, 7) is 9.12. The van der Waals surface area contributed by atoms with E-state index in [0.29, 0.717) is 17.2 Å². The third-order valence-corrected chi connectivity index (χ3v) is 5.88. The van der Waals surface area contributed by atoms with Gasteiger partial charge in [-0.05, 0) is 77.6 Å². The summed E-state index contributed by atoms with van der Waals surface area (Å²) in [5, 5.41) is 0.662. The van der Waals surface area contributed by atoms with Gasteiger partial charge in [0, 0.05) is 16.3 Å². The van der Waals surface area contributed by atoms with Gasteiger partial charge < -0.3 is 4.74 Å². The highest BCUT2D eigenvalue weighted by Gasteiger charge is 2.30. The summed E-state index contributed by atoms with van der Waals surface area (Å²) in [4.78, 5) is 15.3. The molecule has 0 saturated heterocycles. The predicted molar refractivity (Wildman–Crippen MR) is 138 cm³/mol. The summed E-state index contributed by atoms with van der Waals surface area (Å²) in [7, 11) is 0. The molecule has 0 saturated carbocycles. The Bertz CT molecular complexity index is 1200. The van der Waals surface area contributed by atoms with E-state index in [9.17, 15) is 4.79 Å². The molecule has 3 aromatic carbocycles. The van der Waals surface area contributed by atoms with Crippen LogP contribution in [0.25, 0.3) is 11.8 Å². The zero-order valence-electron chi connectivity index (χ0n) is 19.4. The Balaban J connectivity index is 1.74. The number of rotatable bonds is 5. The second-order valence-corrected chi connectivity index (χ2v) is 9.51. The van der Waals surface area contributed by atoms with Crippen molar-refractivity contribution in [1.82, 2.24) is 0 Å². The molecule has 1 aliphatic rings. The molecule has 0 unspecified atom stereocenters. The average molecular weight is 458 g/mol. The first-order chi connectivity index (χ1) is 15.8. The van der Waals surface area contributed by atoms with Gasteiger partial charge in [0.15, 0.2) is 0 Å². The number of carbonyl (C=O) groups is 1. The highest BCUT2D eigenvalue weighted by Crippen LogP contribution is 2.36. The van der Waals surface area contributed by atoms with Gasteiger partial charge in [0.1, 0.15) is 5.75 Å². The van der Waals surface area contributed by atoms with Crippen LogP contribution in [-0.4, -0.2) is 12.5 Å². The Labute approximate surface area is 201 Å². The van der Waals surface area contributed by atoms with Gasteiger partial charge in [0.2, 0.25) is 0 Å². The maximum absolute atomic E-state index is 13.6. The van der Waals surface area contributed by atoms with Gasteiger partial charge in [-0.2, -0.15) is 0 Å². The second kappa shape index (κ2) is 9.29. The number of anilines is 1. The van der Waals surface area contributed by atoms with Crippen LogP contribution in [0.15, 0.2) is 84.4 Å². The summed E-state index contributed by atoms with van der Waals surface area (Å²) in [5.41, 5.74) is 5.44. The molecule has 0 aliphatic carbocycles. The van der Waals surface area contributed by atoms with Crippen LogP contribution in [-0.2, 0) is 10.2 Å². The molecule has 168 valence electrons. The molecule has 3 aromatic rings. The SMILES string of the molecule is CCOc1ccc(/C=C2\C=C(c3ccc(Cl)cc3)N(c3ccc(C(C)(C)C)cc3)C2=O)cc1. The highest BCUT2D eigenvalue weighted by atomic mass is 35.5. The van der Waals surface area contributed by atoms with E-state index in [-0.39, 0.29) is 11.3 Å². The smallest absolute Gasteiger partial charge is 0.262 e. The minimum absolute atomic E-state index is 0.0428. The molecule has 0 N–H and O–H groups in total. The normalized spacial score (nSPS) is 15.2. The van der Waals surface area contributed by atoms with Gasteiger partial charge in [-0.25, -0.2) is 0 Å². The molecule has 0 aromatic heterocycles. The van der Waals surface area contributed by atoms with Crippen molar-refractivity contribution in [1.29, 1.82) is 0 Å². The van der Waals surface area contributed by atoms with Crippen molar-refractivity contribution in [3.63, 3.8) is 0 Å². The van der Waals surface area contributed by atoms with Crippen molar-refractivity contribution < 1.29 is 9.53 Å². The van der Waals surface area contributed by atoms with Gasteiger partial charge in [-0.15, -0.1) is 0 Å². The van der Waals surface area contributed by atoms with E-state index < -0.39 is 0 Å². The first kappa shape index (κ1) is 22.9. The molecule has 0 atom stereocenters. The number of hydrogen-bond donors (Lipinski definition) is 0. The van der Waals surface area contributed by atoms with Crippen LogP contribution in [0.1, 0.15) is 44.4 Å². The minimum Gasteiger partial charge on any atom is -0.494 e. The molecule has 1 amide bonds. The number of carbonyl (C=O) groups excluding carboxylic acids is 1. The molecule has 4 heteroatoms. The largest absolute Gasteiger partial charge is 0.494 e. The average Bonchev–Trinajstić information content (AvgIpc) is 3.11. The summed E-state index contributed by atoms with van der Waals surface area (Å²) in [5.74, 6) is 0.757. The molecule has 1 heterocycles. The van der Waals surface area contributed by atoms with Crippen LogP contribution in [0.2, 0.25) is 5.02 Å². The maximum atomic E-state index is 13.6. The first-order valence-electron chi connectivity index (χ1n) is 11.1. The van der Waals surface area contributed by atoms with Gasteiger partial charge >= 0.3 is 0 Å². The predicted octanol–water partition coefficient (Wildman–Crippen LogP) is 7.51. The zero-order valence-corrected chi connectivity index (χ0v) is 20.2. The molecule has 1 aliphatic heterocycles. The molecule has 0 radical (unpaired) electrons. The number of amides is 1. The fourth-order valence-corrected chi connectivity index (χ4v) is 3.95. The topological polar surface area (TPSA) is 29.5 Å². The summed E-state index contributed by atoms with van der Waals surface area (Å²) < 4.78 is 5.53. The Morgan fingerprint density at radius 3 is 2.12 bits per heavy atom. The quantitative estimate of drug-likeness (QED) is 0.371. The van der Waals surface area contributed by atoms with Gasteiger partial charge in [-0.3, -0.25) is 9.69 Å². The molecular weight excluding hydrogens is 430 g/mol. The highest BCUT2D eigenvalue weighted by molar-refractivity contribution is 6.30. The van der Waals surface area contributed by atoms with E-state index in [4.69, 9.17) is 16.3 Å². The van der Waals surface area contributed by atoms with Crippen LogP contribution in [0.5, 0.6) is 5.75 Å². The van der Waals surface area contributed by atoms with Crippen molar-refractivity contribution >= 4 is 35.0 Å². The monoisotopic (exact) mass is 457 g/mol. The Morgan fingerprint density at radius 2 is 1.55 bits per heavy atom. The van der Waals surface area contributed by atoms with Gasteiger partial charge in [0.05, 0.1) is 12.3 Å². The van der Waals surface area contributed by atoms with E-state index in [1.54, 1.807) is 4.90 Å². The molecule has 3 nitrogen and oxygen atoms in total. The summed E-state index contributed by atoms with van der Waals surface area (Å²) in [6, 6.07) is 23.6. The van der Waals surface area contributed by atoms with E-state index in [0.717, 1.165) is 28.3 Å². The maximum Gasteiger partial charge on any atom is 0.262 e. The van der Waals surface area contributed by atoms with Crippen molar-refractivity contribution in [2.24, 2.45) is 0 Å². The minimum atomic E-state index is -0.0580. The summed E-state index contributed by atoms with van der Waals surface area (Å²) in [6.07, 6.45) is 3.86. The third kappa shape index (κ3) is 5.04. The van der Waals surface area contributed by atoms with Crippen LogP contribution in [0.4, 0.5) is 5.69 Å². The van der Waals surface area contributed by atoms with Crippen LogP contribution in [0.3, 0.4) is 0 Å². The van der Waals surface area contributed by atoms with Crippen LogP contribution in [0, 0.1) is 0 Å². The van der Waals surface area contributed by atoms with Gasteiger partial charge in [0.25, 0.3) is 5.91 Å². The Kier molecular flexibility index (Phi) is 6.44. The number of ether oxygens (including phenoxy) is 1. The number of benzene rings is 3. The third-order valence-electron chi connectivity index (χ3n) is 5.63. The second-order valence-electron chi connectivity index (χ2n) is 9.08. The van der Waals surface area contributed by atoms with E-state index >= 15 is 0 Å². The van der Waals surface area contributed by atoms with Crippen molar-refractivity contribution in [2.75, 3.05) is 11.5 Å². The van der Waals surface area contributed by atoms with Gasteiger partial charge in [-0.1, -0.05) is 68.8 Å². The Morgan fingerprint density at radius 1 is 0.909 bits per heavy atom. The fourth-order valence-electron chi connectivity index (χ4n) is 3.82. The standard InChI is InChI=1S/C29H28ClNO2/c1-5-33-26-16-6-20(7-17-26)18-22-19-27(21-8-12-24(30)13-9-21)31(28(22)32)25-14-10-23(11-15-25)29(2,3)4/h6-19H,5H2,1-4H3/b22-18+. The number of halogens is 1. The summed E-state index contributed by atoms with van der Waals surface area (Å²) >= 11 is 6.11. The lowest BCUT2D eigenvalue weighted by Gasteiger charge is -2.23. The molecule has 33 heavy (non-hydrogen) atoms. The zero-order chi connectivity index (χ0) is 23.6. The van der Waals surface area contributed by atoms with E-state index in [1.807, 2.05) is 79.7 Å². The number of hydrogen-bond acceptors (Lipinski definition) is 2. The number of nitrogens with zero attached hydrogens (tertiary/aromatic N) is 1. The lowest BCUT2D eigenvalue weighted by Crippen LogP contribution is -2.25. The van der Waals surface area contributed by atoms with Crippen molar-refractivity contribution in [2.45, 2.75) is 33.1 Å². The fraction of sp³-hybridized carbons (Fsp3) is 0.207. The first-order valence-corrected chi connectivity index (χ1v) is 11.5. The lowest BCUT2D eigenvalue weighted by atomic mass is 9.87. The van der Waals surface area contributed by atoms with E-state index in [2.05, 4.69) is 32.9 Å². The lowest BCUT2D eigenvalue weighted by molar-refractivity contribution is -0.113. The molecular formula is C29H28ClNO2. The van der Waals surface area contributed by atoms with Crippen molar-refractivity contribution in [3.05, 3.63) is 106 Å². The molecule has 0 spiro atoms. The van der Waals surface area contributed by atoms with Crippen molar-refractivity contribution in [3.8, 4) is 5.75 Å². The molecule has 0 bridgehead atoms. The molecule has 0 fully saturated rings. The Hall–Kier alpha value is -3.30. The van der Waals surface area contributed by atoms with Crippen LogP contribution >= 0.6 is 11.6 Å². The van der Waals surface area contributed by atoms with Crippen LogP contribution < -0.4 is 9.64 Å². The van der Waals surface area contributed by atoms with E-state index in [1.165, 1.54) is 5.56 Å².